The summed E-state index contributed by atoms with van der Waals surface area (Å²) >= 11 is 7.09. The first-order chi connectivity index (χ1) is 8.20. The van der Waals surface area contributed by atoms with Crippen molar-refractivity contribution in [2.24, 2.45) is 0 Å². The van der Waals surface area contributed by atoms with E-state index >= 15 is 0 Å². The maximum absolute atomic E-state index is 11.5. The van der Waals surface area contributed by atoms with Crippen LogP contribution in [0.5, 0.6) is 0 Å². The number of hydrogen-bond acceptors (Lipinski definition) is 4. The van der Waals surface area contributed by atoms with Crippen molar-refractivity contribution >= 4 is 23.4 Å². The summed E-state index contributed by atoms with van der Waals surface area (Å²) in [6.45, 7) is 2.65. The van der Waals surface area contributed by atoms with Crippen LogP contribution in [-0.4, -0.2) is 19.7 Å². The van der Waals surface area contributed by atoms with Crippen LogP contribution in [0.2, 0.25) is 5.02 Å². The van der Waals surface area contributed by atoms with E-state index in [9.17, 15) is 4.79 Å². The average molecular weight is 271 g/mol. The number of hydrogen-bond donors (Lipinski definition) is 1. The highest BCUT2D eigenvalue weighted by Gasteiger charge is 2.09. The van der Waals surface area contributed by atoms with E-state index < -0.39 is 0 Å². The molecule has 0 aliphatic rings. The lowest BCUT2D eigenvalue weighted by molar-refractivity contribution is 0.603. The maximum Gasteiger partial charge on any atom is 0.343 e. The zero-order chi connectivity index (χ0) is 12.3. The molecule has 2 rings (SSSR count). The molecule has 0 aliphatic heterocycles. The summed E-state index contributed by atoms with van der Waals surface area (Å²) in [4.78, 5) is 15.6. The van der Waals surface area contributed by atoms with Crippen LogP contribution in [0, 0.1) is 0 Å². The summed E-state index contributed by atoms with van der Waals surface area (Å²) in [5, 5.41) is 8.36. The van der Waals surface area contributed by atoms with Gasteiger partial charge in [0.05, 0.1) is 5.02 Å². The van der Waals surface area contributed by atoms with E-state index in [1.807, 2.05) is 6.92 Å². The molecule has 0 unspecified atom stereocenters. The summed E-state index contributed by atoms with van der Waals surface area (Å²) in [6, 6.07) is 3.55. The molecule has 0 atom stereocenters. The van der Waals surface area contributed by atoms with Gasteiger partial charge >= 0.3 is 5.69 Å². The second kappa shape index (κ2) is 5.37. The molecule has 2 aromatic rings. The minimum atomic E-state index is -0.191. The Labute approximate surface area is 107 Å². The molecule has 90 valence electrons. The number of nitrogens with one attached hydrogen (secondary N) is 1. The minimum Gasteiger partial charge on any atom is -0.270 e. The number of H-pyrrole nitrogens is 1. The third kappa shape index (κ3) is 2.89. The van der Waals surface area contributed by atoms with E-state index in [2.05, 4.69) is 15.2 Å². The smallest absolute Gasteiger partial charge is 0.270 e. The van der Waals surface area contributed by atoms with Gasteiger partial charge in [0.2, 0.25) is 0 Å². The van der Waals surface area contributed by atoms with Crippen LogP contribution in [-0.2, 0) is 6.54 Å². The van der Waals surface area contributed by atoms with Crippen molar-refractivity contribution in [1.82, 2.24) is 19.7 Å². The largest absolute Gasteiger partial charge is 0.343 e. The molecule has 1 N–H and O–H groups in total. The van der Waals surface area contributed by atoms with Crippen LogP contribution in [0.25, 0.3) is 0 Å². The quantitative estimate of drug-likeness (QED) is 0.925. The Hall–Kier alpha value is -1.27. The Balaban J connectivity index is 2.23. The SMILES string of the molecule is CCCn1c(Sc2ccc(Cl)cn2)n[nH]c1=O. The van der Waals surface area contributed by atoms with Crippen LogP contribution in [0.15, 0.2) is 33.3 Å². The molecule has 2 heterocycles. The molecule has 7 heteroatoms. The van der Waals surface area contributed by atoms with E-state index in [1.165, 1.54) is 11.8 Å². The molecule has 0 amide bonds. The predicted octanol–water partition coefficient (Wildman–Crippen LogP) is 2.18. The first-order valence-corrected chi connectivity index (χ1v) is 6.34. The van der Waals surface area contributed by atoms with Crippen LogP contribution in [0.1, 0.15) is 13.3 Å². The van der Waals surface area contributed by atoms with Crippen molar-refractivity contribution in [3.8, 4) is 0 Å². The van der Waals surface area contributed by atoms with Crippen molar-refractivity contribution in [2.75, 3.05) is 0 Å². The normalized spacial score (nSPS) is 10.7. The van der Waals surface area contributed by atoms with Gasteiger partial charge in [-0.2, -0.15) is 0 Å². The molecule has 0 saturated heterocycles. The van der Waals surface area contributed by atoms with Crippen LogP contribution in [0.4, 0.5) is 0 Å². The third-order valence-corrected chi connectivity index (χ3v) is 3.24. The monoisotopic (exact) mass is 270 g/mol. The average Bonchev–Trinajstić information content (AvgIpc) is 2.65. The highest BCUT2D eigenvalue weighted by molar-refractivity contribution is 7.99. The Bertz CT molecular complexity index is 548. The fourth-order valence-electron chi connectivity index (χ4n) is 1.32. The summed E-state index contributed by atoms with van der Waals surface area (Å²) in [5.41, 5.74) is -0.191. The molecule has 0 spiro atoms. The first-order valence-electron chi connectivity index (χ1n) is 5.15. The van der Waals surface area contributed by atoms with Gasteiger partial charge in [0.1, 0.15) is 5.03 Å². The van der Waals surface area contributed by atoms with Crippen LogP contribution in [0.3, 0.4) is 0 Å². The van der Waals surface area contributed by atoms with E-state index in [0.29, 0.717) is 16.7 Å². The first kappa shape index (κ1) is 12.2. The van der Waals surface area contributed by atoms with Crippen molar-refractivity contribution in [3.05, 3.63) is 33.8 Å². The lowest BCUT2D eigenvalue weighted by Crippen LogP contribution is -2.17. The summed E-state index contributed by atoms with van der Waals surface area (Å²) < 4.78 is 1.60. The van der Waals surface area contributed by atoms with Gasteiger partial charge in [0, 0.05) is 12.7 Å². The Morgan fingerprint density at radius 2 is 2.35 bits per heavy atom. The van der Waals surface area contributed by atoms with Gasteiger partial charge in [-0.05, 0) is 30.3 Å². The highest BCUT2D eigenvalue weighted by atomic mass is 35.5. The molecule has 0 aromatic carbocycles. The minimum absolute atomic E-state index is 0.191. The predicted molar refractivity (Wildman–Crippen MR) is 66.5 cm³/mol. The lowest BCUT2D eigenvalue weighted by Gasteiger charge is -2.02. The van der Waals surface area contributed by atoms with Crippen molar-refractivity contribution in [1.29, 1.82) is 0 Å². The maximum atomic E-state index is 11.5. The van der Waals surface area contributed by atoms with Gasteiger partial charge in [-0.15, -0.1) is 5.10 Å². The van der Waals surface area contributed by atoms with Gasteiger partial charge in [0.25, 0.3) is 0 Å². The second-order valence-corrected chi connectivity index (χ2v) is 4.80. The number of pyridine rings is 1. The number of nitrogens with zero attached hydrogens (tertiary/aromatic N) is 3. The molecule has 2 aromatic heterocycles. The topological polar surface area (TPSA) is 63.6 Å². The molecule has 0 bridgehead atoms. The number of rotatable bonds is 4. The molecule has 17 heavy (non-hydrogen) atoms. The number of aromatic amines is 1. The van der Waals surface area contributed by atoms with Gasteiger partial charge in [-0.25, -0.2) is 14.9 Å². The van der Waals surface area contributed by atoms with E-state index in [1.54, 1.807) is 22.9 Å². The van der Waals surface area contributed by atoms with Gasteiger partial charge in [-0.1, -0.05) is 18.5 Å². The molecule has 0 fully saturated rings. The van der Waals surface area contributed by atoms with Gasteiger partial charge in [-0.3, -0.25) is 4.57 Å². The second-order valence-electron chi connectivity index (χ2n) is 3.38. The van der Waals surface area contributed by atoms with Crippen molar-refractivity contribution in [3.63, 3.8) is 0 Å². The Morgan fingerprint density at radius 3 is 3.00 bits per heavy atom. The van der Waals surface area contributed by atoms with E-state index in [0.717, 1.165) is 11.4 Å². The molecular weight excluding hydrogens is 260 g/mol. The highest BCUT2D eigenvalue weighted by Crippen LogP contribution is 2.23. The fraction of sp³-hybridized carbons (Fsp3) is 0.300. The van der Waals surface area contributed by atoms with Crippen molar-refractivity contribution in [2.45, 2.75) is 30.1 Å². The molecule has 5 nitrogen and oxygen atoms in total. The van der Waals surface area contributed by atoms with Crippen LogP contribution >= 0.6 is 23.4 Å². The molecule has 0 radical (unpaired) electrons. The zero-order valence-corrected chi connectivity index (χ0v) is 10.8. The molecular formula is C10H11ClN4OS. The van der Waals surface area contributed by atoms with E-state index in [-0.39, 0.29) is 5.69 Å². The standard InChI is InChI=1S/C10H11ClN4OS/c1-2-5-15-9(16)13-14-10(15)17-8-4-3-7(11)6-12-8/h3-4,6H,2,5H2,1H3,(H,13,16). The molecule has 0 aliphatic carbocycles. The Kier molecular flexibility index (Phi) is 3.86. The van der Waals surface area contributed by atoms with Crippen LogP contribution < -0.4 is 5.69 Å². The van der Waals surface area contributed by atoms with E-state index in [4.69, 9.17) is 11.6 Å². The third-order valence-electron chi connectivity index (χ3n) is 2.07. The fourth-order valence-corrected chi connectivity index (χ4v) is 2.23. The molecule has 0 saturated carbocycles. The summed E-state index contributed by atoms with van der Waals surface area (Å²) in [7, 11) is 0. The number of aromatic nitrogens is 4. The lowest BCUT2D eigenvalue weighted by atomic mass is 10.5. The zero-order valence-electron chi connectivity index (χ0n) is 9.18. The summed E-state index contributed by atoms with van der Waals surface area (Å²) in [5.74, 6) is 0. The Morgan fingerprint density at radius 1 is 1.53 bits per heavy atom. The van der Waals surface area contributed by atoms with Crippen molar-refractivity contribution < 1.29 is 0 Å². The number of halogens is 1. The van der Waals surface area contributed by atoms with Gasteiger partial charge < -0.3 is 0 Å². The summed E-state index contributed by atoms with van der Waals surface area (Å²) in [6.07, 6.45) is 2.44. The van der Waals surface area contributed by atoms with Gasteiger partial charge in [0.15, 0.2) is 5.16 Å².